The van der Waals surface area contributed by atoms with Gasteiger partial charge < -0.3 is 5.11 Å². The van der Waals surface area contributed by atoms with Crippen molar-refractivity contribution in [2.75, 3.05) is 6.61 Å². The van der Waals surface area contributed by atoms with E-state index in [-0.39, 0.29) is 17.7 Å². The zero-order chi connectivity index (χ0) is 20.4. The van der Waals surface area contributed by atoms with Crippen molar-refractivity contribution in [3.63, 3.8) is 0 Å². The van der Waals surface area contributed by atoms with Gasteiger partial charge in [0, 0.05) is 31.2 Å². The van der Waals surface area contributed by atoms with Crippen LogP contribution in [-0.4, -0.2) is 30.6 Å². The molecule has 3 heterocycles. The summed E-state index contributed by atoms with van der Waals surface area (Å²) < 4.78 is 2.96. The topological polar surface area (TPSA) is 89.5 Å². The summed E-state index contributed by atoms with van der Waals surface area (Å²) in [5.41, 5.74) is 1.33. The Kier molecular flexibility index (Phi) is 5.66. The average molecular weight is 429 g/mol. The third-order valence-electron chi connectivity index (χ3n) is 4.39. The van der Waals surface area contributed by atoms with Crippen molar-refractivity contribution in [2.45, 2.75) is 23.9 Å². The van der Waals surface area contributed by atoms with Crippen molar-refractivity contribution >= 4 is 39.9 Å². The maximum absolute atomic E-state index is 12.9. The Labute approximate surface area is 174 Å². The number of nitrogens with zero attached hydrogens (tertiary/aromatic N) is 4. The van der Waals surface area contributed by atoms with Crippen LogP contribution in [0.5, 0.6) is 0 Å². The minimum atomic E-state index is -0.225. The molecule has 0 saturated carbocycles. The second kappa shape index (κ2) is 8.36. The van der Waals surface area contributed by atoms with Gasteiger partial charge in [0.1, 0.15) is 5.65 Å². The minimum Gasteiger partial charge on any atom is -0.396 e. The van der Waals surface area contributed by atoms with Crippen LogP contribution < -0.4 is 11.1 Å². The largest absolute Gasteiger partial charge is 0.396 e. The standard InChI is InChI=1S/C20H17ClN4O3S/c21-13-6-7-17-22-14(10-18(27)25(17)11-13)12-29-20-23-16-5-2-1-4-15(16)19(28)24(20)8-3-9-26/h1-2,4-7,10-11,26H,3,8-9,12H2. The highest BCUT2D eigenvalue weighted by molar-refractivity contribution is 7.98. The average Bonchev–Trinajstić information content (AvgIpc) is 2.72. The van der Waals surface area contributed by atoms with Crippen LogP contribution in [0.1, 0.15) is 12.1 Å². The highest BCUT2D eigenvalue weighted by Gasteiger charge is 2.12. The van der Waals surface area contributed by atoms with E-state index in [0.29, 0.717) is 51.1 Å². The summed E-state index contributed by atoms with van der Waals surface area (Å²) >= 11 is 7.28. The van der Waals surface area contributed by atoms with E-state index in [0.717, 1.165) is 0 Å². The fraction of sp³-hybridized carbons (Fsp3) is 0.200. The summed E-state index contributed by atoms with van der Waals surface area (Å²) in [6, 6.07) is 12.0. The maximum atomic E-state index is 12.9. The molecule has 0 aliphatic rings. The predicted molar refractivity (Wildman–Crippen MR) is 114 cm³/mol. The molecule has 1 aromatic carbocycles. The molecule has 3 aromatic heterocycles. The number of thioether (sulfide) groups is 1. The van der Waals surface area contributed by atoms with Gasteiger partial charge in [-0.1, -0.05) is 35.5 Å². The number of halogens is 1. The zero-order valence-corrected chi connectivity index (χ0v) is 16.9. The van der Waals surface area contributed by atoms with Gasteiger partial charge >= 0.3 is 0 Å². The molecule has 0 fully saturated rings. The molecule has 1 N–H and O–H groups in total. The molecular weight excluding hydrogens is 412 g/mol. The van der Waals surface area contributed by atoms with Crippen LogP contribution in [0.4, 0.5) is 0 Å². The molecule has 0 unspecified atom stereocenters. The number of aliphatic hydroxyl groups excluding tert-OH is 1. The fourth-order valence-corrected chi connectivity index (χ4v) is 4.10. The van der Waals surface area contributed by atoms with Crippen LogP contribution in [0.25, 0.3) is 16.6 Å². The summed E-state index contributed by atoms with van der Waals surface area (Å²) in [4.78, 5) is 34.3. The molecule has 4 aromatic rings. The van der Waals surface area contributed by atoms with Gasteiger partial charge in [-0.3, -0.25) is 18.6 Å². The summed E-state index contributed by atoms with van der Waals surface area (Å²) in [7, 11) is 0. The molecule has 0 spiro atoms. The van der Waals surface area contributed by atoms with Gasteiger partial charge in [-0.2, -0.15) is 0 Å². The number of hydrogen-bond donors (Lipinski definition) is 1. The van der Waals surface area contributed by atoms with Crippen LogP contribution >= 0.6 is 23.4 Å². The van der Waals surface area contributed by atoms with Gasteiger partial charge in [-0.25, -0.2) is 9.97 Å². The van der Waals surface area contributed by atoms with E-state index in [9.17, 15) is 14.7 Å². The highest BCUT2D eigenvalue weighted by atomic mass is 35.5. The SMILES string of the molecule is O=c1c2ccccc2nc(SCc2cc(=O)n3cc(Cl)ccc3n2)n1CCCO. The van der Waals surface area contributed by atoms with Gasteiger partial charge in [0.05, 0.1) is 21.6 Å². The van der Waals surface area contributed by atoms with Crippen molar-refractivity contribution in [1.29, 1.82) is 0 Å². The monoisotopic (exact) mass is 428 g/mol. The molecule has 9 heteroatoms. The molecule has 4 rings (SSSR count). The number of para-hydroxylation sites is 1. The van der Waals surface area contributed by atoms with E-state index in [4.69, 9.17) is 11.6 Å². The van der Waals surface area contributed by atoms with Crippen molar-refractivity contribution in [1.82, 2.24) is 18.9 Å². The van der Waals surface area contributed by atoms with Crippen LogP contribution in [0, 0.1) is 0 Å². The Bertz CT molecular complexity index is 1320. The number of pyridine rings is 1. The van der Waals surface area contributed by atoms with Crippen molar-refractivity contribution in [3.05, 3.63) is 80.1 Å². The first-order valence-corrected chi connectivity index (χ1v) is 10.3. The van der Waals surface area contributed by atoms with Crippen molar-refractivity contribution in [3.8, 4) is 0 Å². The van der Waals surface area contributed by atoms with E-state index in [2.05, 4.69) is 9.97 Å². The van der Waals surface area contributed by atoms with Gasteiger partial charge in [0.25, 0.3) is 11.1 Å². The van der Waals surface area contributed by atoms with Crippen molar-refractivity contribution < 1.29 is 5.11 Å². The Hall–Kier alpha value is -2.68. The molecule has 0 amide bonds. The number of hydrogen-bond acceptors (Lipinski definition) is 6. The second-order valence-corrected chi connectivity index (χ2v) is 7.77. The van der Waals surface area contributed by atoms with Crippen LogP contribution in [0.3, 0.4) is 0 Å². The molecule has 0 aliphatic heterocycles. The number of fused-ring (bicyclic) bond motifs is 2. The van der Waals surface area contributed by atoms with Gasteiger partial charge in [0.2, 0.25) is 0 Å². The second-order valence-electron chi connectivity index (χ2n) is 6.40. The first-order chi connectivity index (χ1) is 14.1. The highest BCUT2D eigenvalue weighted by Crippen LogP contribution is 2.22. The maximum Gasteiger partial charge on any atom is 0.262 e. The predicted octanol–water partition coefficient (Wildman–Crippen LogP) is 2.73. The number of rotatable bonds is 6. The Morgan fingerprint density at radius 2 is 1.93 bits per heavy atom. The molecule has 0 atom stereocenters. The molecule has 0 radical (unpaired) electrons. The van der Waals surface area contributed by atoms with E-state index >= 15 is 0 Å². The molecule has 0 aliphatic carbocycles. The normalized spacial score (nSPS) is 11.4. The smallest absolute Gasteiger partial charge is 0.262 e. The van der Waals surface area contributed by atoms with Gasteiger partial charge in [0.15, 0.2) is 5.16 Å². The third kappa shape index (κ3) is 4.05. The lowest BCUT2D eigenvalue weighted by Gasteiger charge is -2.12. The Morgan fingerprint density at radius 1 is 1.10 bits per heavy atom. The van der Waals surface area contributed by atoms with Crippen molar-refractivity contribution in [2.24, 2.45) is 0 Å². The lowest BCUT2D eigenvalue weighted by Crippen LogP contribution is -2.24. The summed E-state index contributed by atoms with van der Waals surface area (Å²) in [5.74, 6) is 0.373. The van der Waals surface area contributed by atoms with Crippen LogP contribution in [-0.2, 0) is 12.3 Å². The number of aromatic nitrogens is 4. The zero-order valence-electron chi connectivity index (χ0n) is 15.3. The first kappa shape index (κ1) is 19.6. The Morgan fingerprint density at radius 3 is 2.76 bits per heavy atom. The first-order valence-electron chi connectivity index (χ1n) is 8.98. The number of benzene rings is 1. The third-order valence-corrected chi connectivity index (χ3v) is 5.63. The summed E-state index contributed by atoms with van der Waals surface area (Å²) in [5, 5.41) is 10.7. The lowest BCUT2D eigenvalue weighted by atomic mass is 10.2. The minimum absolute atomic E-state index is 0.0189. The summed E-state index contributed by atoms with van der Waals surface area (Å²) in [6.07, 6.45) is 1.98. The van der Waals surface area contributed by atoms with Gasteiger partial charge in [-0.05, 0) is 30.7 Å². The fourth-order valence-electron chi connectivity index (χ4n) is 3.02. The molecule has 29 heavy (non-hydrogen) atoms. The van der Waals surface area contributed by atoms with E-state index < -0.39 is 0 Å². The van der Waals surface area contributed by atoms with Crippen LogP contribution in [0.15, 0.2) is 63.4 Å². The molecular formula is C20H17ClN4O3S. The molecule has 148 valence electrons. The van der Waals surface area contributed by atoms with E-state index in [1.807, 2.05) is 6.07 Å². The molecule has 0 bridgehead atoms. The number of aliphatic hydroxyl groups is 1. The van der Waals surface area contributed by atoms with E-state index in [1.54, 1.807) is 34.9 Å². The molecule has 7 nitrogen and oxygen atoms in total. The molecule has 0 saturated heterocycles. The van der Waals surface area contributed by atoms with Gasteiger partial charge in [-0.15, -0.1) is 0 Å². The van der Waals surface area contributed by atoms with E-state index in [1.165, 1.54) is 28.4 Å². The Balaban J connectivity index is 1.70. The van der Waals surface area contributed by atoms with Crippen LogP contribution in [0.2, 0.25) is 5.02 Å². The summed E-state index contributed by atoms with van der Waals surface area (Å²) in [6.45, 7) is 0.344. The quantitative estimate of drug-likeness (QED) is 0.375. The lowest BCUT2D eigenvalue weighted by molar-refractivity contribution is 0.276.